The Morgan fingerprint density at radius 1 is 1.08 bits per heavy atom. The van der Waals surface area contributed by atoms with Gasteiger partial charge in [0.2, 0.25) is 0 Å². The zero-order valence-corrected chi connectivity index (χ0v) is 14.9. The number of benzene rings is 1. The lowest BCUT2D eigenvalue weighted by atomic mass is 9.88. The second-order valence-corrected chi connectivity index (χ2v) is 7.35. The largest absolute Gasteiger partial charge is 0.494 e. The van der Waals surface area contributed by atoms with E-state index in [4.69, 9.17) is 4.74 Å². The van der Waals surface area contributed by atoms with Crippen LogP contribution in [-0.4, -0.2) is 12.4 Å². The highest BCUT2D eigenvalue weighted by Crippen LogP contribution is 2.40. The van der Waals surface area contributed by atoms with Crippen LogP contribution in [0, 0.1) is 11.8 Å². The van der Waals surface area contributed by atoms with Crippen LogP contribution in [0.15, 0.2) is 29.8 Å². The third-order valence-corrected chi connectivity index (χ3v) is 5.58. The molecule has 24 heavy (non-hydrogen) atoms. The third-order valence-electron chi connectivity index (χ3n) is 5.58. The van der Waals surface area contributed by atoms with Gasteiger partial charge in [0.25, 0.3) is 0 Å². The number of ketones is 1. The molecular formula is C22H30O2. The molecule has 1 atom stereocenters. The molecule has 0 bridgehead atoms. The molecule has 0 aromatic heterocycles. The van der Waals surface area contributed by atoms with Crippen molar-refractivity contribution in [1.29, 1.82) is 0 Å². The normalized spacial score (nSPS) is 23.3. The number of hydrogen-bond donors (Lipinski definition) is 0. The number of carbonyl (C=O) groups is 1. The van der Waals surface area contributed by atoms with Gasteiger partial charge in [-0.15, -0.1) is 0 Å². The molecule has 0 unspecified atom stereocenters. The lowest BCUT2D eigenvalue weighted by molar-refractivity contribution is -0.119. The smallest absolute Gasteiger partial charge is 0.162 e. The quantitative estimate of drug-likeness (QED) is 0.467. The maximum absolute atomic E-state index is 12.7. The van der Waals surface area contributed by atoms with Crippen molar-refractivity contribution in [3.05, 3.63) is 35.4 Å². The molecule has 0 saturated heterocycles. The Labute approximate surface area is 146 Å². The van der Waals surface area contributed by atoms with E-state index in [-0.39, 0.29) is 0 Å². The number of rotatable bonds is 7. The van der Waals surface area contributed by atoms with Crippen molar-refractivity contribution in [1.82, 2.24) is 0 Å². The summed E-state index contributed by atoms with van der Waals surface area (Å²) >= 11 is 0. The van der Waals surface area contributed by atoms with E-state index in [0.717, 1.165) is 42.8 Å². The van der Waals surface area contributed by atoms with Gasteiger partial charge in [-0.3, -0.25) is 4.79 Å². The first-order valence-electron chi connectivity index (χ1n) is 9.75. The molecule has 130 valence electrons. The summed E-state index contributed by atoms with van der Waals surface area (Å²) in [6, 6.07) is 8.18. The molecule has 2 heteroatoms. The van der Waals surface area contributed by atoms with Gasteiger partial charge in [-0.2, -0.15) is 0 Å². The summed E-state index contributed by atoms with van der Waals surface area (Å²) in [5, 5.41) is 0. The van der Waals surface area contributed by atoms with Crippen LogP contribution in [-0.2, 0) is 4.79 Å². The van der Waals surface area contributed by atoms with E-state index in [1.165, 1.54) is 38.5 Å². The van der Waals surface area contributed by atoms with E-state index in [1.54, 1.807) is 0 Å². The molecule has 0 amide bonds. The van der Waals surface area contributed by atoms with Crippen LogP contribution in [0.1, 0.15) is 70.3 Å². The highest BCUT2D eigenvalue weighted by molar-refractivity contribution is 6.03. The number of allylic oxidation sites excluding steroid dienone is 1. The Morgan fingerprint density at radius 2 is 1.83 bits per heavy atom. The predicted octanol–water partition coefficient (Wildman–Crippen LogP) is 5.81. The zero-order chi connectivity index (χ0) is 16.8. The number of ether oxygens (including phenoxy) is 1. The Balaban J connectivity index is 1.56. The average molecular weight is 326 g/mol. The van der Waals surface area contributed by atoms with Gasteiger partial charge in [-0.1, -0.05) is 44.7 Å². The van der Waals surface area contributed by atoms with Gasteiger partial charge in [-0.05, 0) is 67.4 Å². The summed E-state index contributed by atoms with van der Waals surface area (Å²) < 4.78 is 5.75. The third kappa shape index (κ3) is 4.28. The SMILES string of the molecule is CCCCCOc1ccc(/C=C2\CC[C@H](C3CCCC3)C2=O)cc1. The molecule has 2 saturated carbocycles. The first-order valence-corrected chi connectivity index (χ1v) is 9.75. The number of carbonyl (C=O) groups excluding carboxylic acids is 1. The van der Waals surface area contributed by atoms with Crippen LogP contribution in [0.5, 0.6) is 5.75 Å². The van der Waals surface area contributed by atoms with E-state index in [1.807, 2.05) is 12.1 Å². The Morgan fingerprint density at radius 3 is 2.54 bits per heavy atom. The lowest BCUT2D eigenvalue weighted by Gasteiger charge is -2.15. The standard InChI is InChI=1S/C22H30O2/c1-2-3-6-15-24-20-12-9-17(10-13-20)16-19-11-14-21(22(19)23)18-7-4-5-8-18/h9-10,12-13,16,18,21H,2-8,11,14-15H2,1H3/b19-16+/t21-/m1/s1. The molecule has 2 nitrogen and oxygen atoms in total. The fourth-order valence-corrected chi connectivity index (χ4v) is 4.16. The molecule has 0 spiro atoms. The van der Waals surface area contributed by atoms with Gasteiger partial charge >= 0.3 is 0 Å². The first kappa shape index (κ1) is 17.3. The summed E-state index contributed by atoms with van der Waals surface area (Å²) in [5.74, 6) is 2.30. The van der Waals surface area contributed by atoms with E-state index < -0.39 is 0 Å². The van der Waals surface area contributed by atoms with Crippen molar-refractivity contribution in [2.75, 3.05) is 6.61 Å². The van der Waals surface area contributed by atoms with Crippen molar-refractivity contribution in [2.24, 2.45) is 11.8 Å². The molecule has 1 aromatic rings. The summed E-state index contributed by atoms with van der Waals surface area (Å²) in [6.07, 6.45) is 12.8. The Bertz CT molecular complexity index is 564. The van der Waals surface area contributed by atoms with E-state index in [9.17, 15) is 4.79 Å². The molecule has 3 rings (SSSR count). The van der Waals surface area contributed by atoms with Crippen LogP contribution < -0.4 is 4.74 Å². The van der Waals surface area contributed by atoms with Gasteiger partial charge in [0.05, 0.1) is 6.61 Å². The maximum atomic E-state index is 12.7. The first-order chi connectivity index (χ1) is 11.8. The van der Waals surface area contributed by atoms with Crippen molar-refractivity contribution < 1.29 is 9.53 Å². The van der Waals surface area contributed by atoms with Crippen molar-refractivity contribution in [2.45, 2.75) is 64.7 Å². The molecule has 2 aliphatic rings. The van der Waals surface area contributed by atoms with Gasteiger partial charge in [0.15, 0.2) is 5.78 Å². The number of unbranched alkanes of at least 4 members (excludes halogenated alkanes) is 2. The van der Waals surface area contributed by atoms with E-state index in [0.29, 0.717) is 17.6 Å². The predicted molar refractivity (Wildman–Crippen MR) is 99.1 cm³/mol. The Kier molecular flexibility index (Phi) is 6.12. The van der Waals surface area contributed by atoms with Crippen LogP contribution in [0.4, 0.5) is 0 Å². The number of Topliss-reactive ketones (excluding diaryl/α,β-unsaturated/α-hetero) is 1. The summed E-state index contributed by atoms with van der Waals surface area (Å²) in [7, 11) is 0. The maximum Gasteiger partial charge on any atom is 0.162 e. The van der Waals surface area contributed by atoms with Crippen molar-refractivity contribution >= 4 is 11.9 Å². The summed E-state index contributed by atoms with van der Waals surface area (Å²) in [4.78, 5) is 12.7. The van der Waals surface area contributed by atoms with Gasteiger partial charge in [0, 0.05) is 5.92 Å². The van der Waals surface area contributed by atoms with Gasteiger partial charge in [-0.25, -0.2) is 0 Å². The second kappa shape index (κ2) is 8.50. The second-order valence-electron chi connectivity index (χ2n) is 7.35. The molecule has 0 aliphatic heterocycles. The summed E-state index contributed by atoms with van der Waals surface area (Å²) in [5.41, 5.74) is 2.15. The fraction of sp³-hybridized carbons (Fsp3) is 0.591. The minimum absolute atomic E-state index is 0.305. The van der Waals surface area contributed by atoms with Crippen LogP contribution >= 0.6 is 0 Å². The monoisotopic (exact) mass is 326 g/mol. The molecule has 0 N–H and O–H groups in total. The molecule has 2 aliphatic carbocycles. The zero-order valence-electron chi connectivity index (χ0n) is 14.9. The van der Waals surface area contributed by atoms with Crippen LogP contribution in [0.25, 0.3) is 6.08 Å². The van der Waals surface area contributed by atoms with Gasteiger partial charge in [0.1, 0.15) is 5.75 Å². The topological polar surface area (TPSA) is 26.3 Å². The lowest BCUT2D eigenvalue weighted by Crippen LogP contribution is -2.16. The number of hydrogen-bond acceptors (Lipinski definition) is 2. The van der Waals surface area contributed by atoms with Crippen LogP contribution in [0.3, 0.4) is 0 Å². The minimum Gasteiger partial charge on any atom is -0.494 e. The van der Waals surface area contributed by atoms with E-state index in [2.05, 4.69) is 25.1 Å². The Hall–Kier alpha value is -1.57. The fourth-order valence-electron chi connectivity index (χ4n) is 4.16. The molecular weight excluding hydrogens is 296 g/mol. The van der Waals surface area contributed by atoms with Gasteiger partial charge < -0.3 is 4.74 Å². The summed E-state index contributed by atoms with van der Waals surface area (Å²) in [6.45, 7) is 2.99. The molecule has 0 heterocycles. The van der Waals surface area contributed by atoms with E-state index >= 15 is 0 Å². The molecule has 2 fully saturated rings. The minimum atomic E-state index is 0.305. The highest BCUT2D eigenvalue weighted by Gasteiger charge is 2.36. The molecule has 1 aromatic carbocycles. The van der Waals surface area contributed by atoms with Crippen molar-refractivity contribution in [3.63, 3.8) is 0 Å². The average Bonchev–Trinajstić information content (AvgIpc) is 3.24. The highest BCUT2D eigenvalue weighted by atomic mass is 16.5. The molecule has 0 radical (unpaired) electrons. The van der Waals surface area contributed by atoms with Crippen LogP contribution in [0.2, 0.25) is 0 Å². The van der Waals surface area contributed by atoms with Crippen molar-refractivity contribution in [3.8, 4) is 5.75 Å².